The van der Waals surface area contributed by atoms with Crippen LogP contribution in [0.4, 0.5) is 0 Å². The SMILES string of the molecule is CC(C)C(=O)N1CCCCC1C(=O)N[C@H]1CCCNC1. The fraction of sp³-hybridized carbons (Fsp3) is 0.867. The Morgan fingerprint density at radius 2 is 2.00 bits per heavy atom. The van der Waals surface area contributed by atoms with Gasteiger partial charge in [-0.15, -0.1) is 0 Å². The monoisotopic (exact) mass is 281 g/mol. The minimum absolute atomic E-state index is 0.0346. The molecule has 0 aromatic carbocycles. The molecule has 2 N–H and O–H groups in total. The van der Waals surface area contributed by atoms with Crippen molar-refractivity contribution in [3.05, 3.63) is 0 Å². The van der Waals surface area contributed by atoms with Gasteiger partial charge in [0, 0.05) is 25.0 Å². The first-order valence-corrected chi connectivity index (χ1v) is 7.91. The number of amides is 2. The van der Waals surface area contributed by atoms with Crippen LogP contribution in [-0.4, -0.2) is 48.4 Å². The van der Waals surface area contributed by atoms with Gasteiger partial charge in [0.05, 0.1) is 0 Å². The van der Waals surface area contributed by atoms with Crippen LogP contribution < -0.4 is 10.6 Å². The van der Waals surface area contributed by atoms with Gasteiger partial charge in [0.25, 0.3) is 0 Å². The highest BCUT2D eigenvalue weighted by atomic mass is 16.2. The fourth-order valence-corrected chi connectivity index (χ4v) is 3.07. The Morgan fingerprint density at radius 3 is 2.65 bits per heavy atom. The summed E-state index contributed by atoms with van der Waals surface area (Å²) < 4.78 is 0. The minimum Gasteiger partial charge on any atom is -0.350 e. The number of nitrogens with zero attached hydrogens (tertiary/aromatic N) is 1. The van der Waals surface area contributed by atoms with Gasteiger partial charge in [-0.25, -0.2) is 0 Å². The predicted molar refractivity (Wildman–Crippen MR) is 78.2 cm³/mol. The predicted octanol–water partition coefficient (Wildman–Crippen LogP) is 0.892. The first kappa shape index (κ1) is 15.3. The van der Waals surface area contributed by atoms with E-state index < -0.39 is 0 Å². The Hall–Kier alpha value is -1.10. The van der Waals surface area contributed by atoms with Gasteiger partial charge in [0.15, 0.2) is 0 Å². The summed E-state index contributed by atoms with van der Waals surface area (Å²) in [7, 11) is 0. The van der Waals surface area contributed by atoms with E-state index >= 15 is 0 Å². The lowest BCUT2D eigenvalue weighted by atomic mass is 9.98. The van der Waals surface area contributed by atoms with Crippen molar-refractivity contribution in [1.82, 2.24) is 15.5 Å². The molecule has 20 heavy (non-hydrogen) atoms. The van der Waals surface area contributed by atoms with Gasteiger partial charge in [-0.1, -0.05) is 13.8 Å². The number of likely N-dealkylation sites (tertiary alicyclic amines) is 1. The lowest BCUT2D eigenvalue weighted by molar-refractivity contribution is -0.145. The lowest BCUT2D eigenvalue weighted by Crippen LogP contribution is -2.56. The summed E-state index contributed by atoms with van der Waals surface area (Å²) in [6.45, 7) is 6.40. The van der Waals surface area contributed by atoms with Gasteiger partial charge in [0.2, 0.25) is 11.8 Å². The highest BCUT2D eigenvalue weighted by Crippen LogP contribution is 2.20. The standard InChI is InChI=1S/C15H27N3O2/c1-11(2)15(20)18-9-4-3-7-13(18)14(19)17-12-6-5-8-16-10-12/h11-13,16H,3-10H2,1-2H3,(H,17,19)/t12-,13?/m0/s1. The van der Waals surface area contributed by atoms with Gasteiger partial charge in [-0.3, -0.25) is 9.59 Å². The van der Waals surface area contributed by atoms with E-state index in [2.05, 4.69) is 10.6 Å². The van der Waals surface area contributed by atoms with Crippen molar-refractivity contribution in [2.75, 3.05) is 19.6 Å². The van der Waals surface area contributed by atoms with E-state index in [-0.39, 0.29) is 29.8 Å². The van der Waals surface area contributed by atoms with Gasteiger partial charge in [-0.2, -0.15) is 0 Å². The molecule has 0 radical (unpaired) electrons. The highest BCUT2D eigenvalue weighted by Gasteiger charge is 2.33. The zero-order valence-electron chi connectivity index (χ0n) is 12.7. The number of nitrogens with one attached hydrogen (secondary N) is 2. The minimum atomic E-state index is -0.263. The summed E-state index contributed by atoms with van der Waals surface area (Å²) in [5.41, 5.74) is 0. The van der Waals surface area contributed by atoms with Gasteiger partial charge in [0.1, 0.15) is 6.04 Å². The highest BCUT2D eigenvalue weighted by molar-refractivity contribution is 5.88. The maximum absolute atomic E-state index is 12.5. The number of hydrogen-bond donors (Lipinski definition) is 2. The van der Waals surface area contributed by atoms with E-state index in [0.29, 0.717) is 0 Å². The van der Waals surface area contributed by atoms with Crippen LogP contribution in [0.2, 0.25) is 0 Å². The van der Waals surface area contributed by atoms with Crippen LogP contribution in [-0.2, 0) is 9.59 Å². The third-order valence-corrected chi connectivity index (χ3v) is 4.23. The average molecular weight is 281 g/mol. The molecule has 0 aromatic heterocycles. The molecule has 2 aliphatic heterocycles. The molecule has 5 heteroatoms. The second kappa shape index (κ2) is 7.07. The third kappa shape index (κ3) is 3.72. The normalized spacial score (nSPS) is 27.4. The van der Waals surface area contributed by atoms with Crippen molar-refractivity contribution in [1.29, 1.82) is 0 Å². The largest absolute Gasteiger partial charge is 0.350 e. The summed E-state index contributed by atoms with van der Waals surface area (Å²) >= 11 is 0. The van der Waals surface area contributed by atoms with Crippen molar-refractivity contribution in [2.24, 2.45) is 5.92 Å². The van der Waals surface area contributed by atoms with Crippen molar-refractivity contribution in [2.45, 2.75) is 58.0 Å². The smallest absolute Gasteiger partial charge is 0.243 e. The van der Waals surface area contributed by atoms with E-state index in [1.165, 1.54) is 0 Å². The molecule has 2 rings (SSSR count). The van der Waals surface area contributed by atoms with Crippen molar-refractivity contribution >= 4 is 11.8 Å². The molecule has 1 unspecified atom stereocenters. The molecule has 2 amide bonds. The van der Waals surface area contributed by atoms with Crippen molar-refractivity contribution < 1.29 is 9.59 Å². The topological polar surface area (TPSA) is 61.4 Å². The molecule has 0 bridgehead atoms. The Balaban J connectivity index is 1.95. The quantitative estimate of drug-likeness (QED) is 0.808. The van der Waals surface area contributed by atoms with Crippen LogP contribution in [0.1, 0.15) is 46.0 Å². The summed E-state index contributed by atoms with van der Waals surface area (Å²) in [5.74, 6) is 0.0961. The van der Waals surface area contributed by atoms with Crippen molar-refractivity contribution in [3.8, 4) is 0 Å². The Morgan fingerprint density at radius 1 is 1.20 bits per heavy atom. The molecule has 0 aromatic rings. The molecular formula is C15H27N3O2. The molecule has 0 saturated carbocycles. The number of carbonyl (C=O) groups excluding carboxylic acids is 2. The van der Waals surface area contributed by atoms with E-state index in [1.807, 2.05) is 13.8 Å². The van der Waals surface area contributed by atoms with E-state index in [4.69, 9.17) is 0 Å². The van der Waals surface area contributed by atoms with Gasteiger partial charge >= 0.3 is 0 Å². The number of rotatable bonds is 3. The van der Waals surface area contributed by atoms with E-state index in [9.17, 15) is 9.59 Å². The molecule has 2 aliphatic rings. The molecule has 2 saturated heterocycles. The number of piperidine rings is 2. The Labute approximate surface area is 121 Å². The Bertz CT molecular complexity index is 351. The average Bonchev–Trinajstić information content (AvgIpc) is 2.47. The first-order chi connectivity index (χ1) is 9.59. The zero-order valence-corrected chi connectivity index (χ0v) is 12.7. The molecule has 2 heterocycles. The summed E-state index contributed by atoms with van der Waals surface area (Å²) in [6.07, 6.45) is 4.97. The Kier molecular flexibility index (Phi) is 5.40. The van der Waals surface area contributed by atoms with Gasteiger partial charge < -0.3 is 15.5 Å². The molecule has 5 nitrogen and oxygen atoms in total. The van der Waals surface area contributed by atoms with Crippen LogP contribution in [0, 0.1) is 5.92 Å². The van der Waals surface area contributed by atoms with Crippen LogP contribution in [0.3, 0.4) is 0 Å². The van der Waals surface area contributed by atoms with Crippen LogP contribution in [0.5, 0.6) is 0 Å². The second-order valence-electron chi connectivity index (χ2n) is 6.25. The number of carbonyl (C=O) groups is 2. The van der Waals surface area contributed by atoms with Crippen LogP contribution in [0.25, 0.3) is 0 Å². The maximum atomic E-state index is 12.5. The lowest BCUT2D eigenvalue weighted by Gasteiger charge is -2.37. The summed E-state index contributed by atoms with van der Waals surface area (Å²) in [6, 6.07) is -0.0465. The molecule has 0 spiro atoms. The molecular weight excluding hydrogens is 254 g/mol. The van der Waals surface area contributed by atoms with Crippen LogP contribution in [0.15, 0.2) is 0 Å². The maximum Gasteiger partial charge on any atom is 0.243 e. The van der Waals surface area contributed by atoms with E-state index in [1.54, 1.807) is 4.90 Å². The summed E-state index contributed by atoms with van der Waals surface area (Å²) in [5, 5.41) is 6.42. The molecule has 0 aliphatic carbocycles. The second-order valence-corrected chi connectivity index (χ2v) is 6.25. The molecule has 2 atom stereocenters. The van der Waals surface area contributed by atoms with E-state index in [0.717, 1.165) is 51.7 Å². The summed E-state index contributed by atoms with van der Waals surface area (Å²) in [4.78, 5) is 26.5. The fourth-order valence-electron chi connectivity index (χ4n) is 3.07. The molecule has 2 fully saturated rings. The van der Waals surface area contributed by atoms with Crippen molar-refractivity contribution in [3.63, 3.8) is 0 Å². The van der Waals surface area contributed by atoms with Gasteiger partial charge in [-0.05, 0) is 38.6 Å². The zero-order chi connectivity index (χ0) is 14.5. The first-order valence-electron chi connectivity index (χ1n) is 7.91. The van der Waals surface area contributed by atoms with Crippen LogP contribution >= 0.6 is 0 Å². The molecule has 114 valence electrons. The number of hydrogen-bond acceptors (Lipinski definition) is 3. The third-order valence-electron chi connectivity index (χ3n) is 4.23.